The smallest absolute Gasteiger partial charge is 0.305 e. The fourth-order valence-electron chi connectivity index (χ4n) is 6.10. The number of fused-ring (bicyclic) bond motifs is 1. The van der Waals surface area contributed by atoms with Gasteiger partial charge in [-0.1, -0.05) is 29.5 Å². The molecule has 1 spiro atoms. The number of aliphatic hydroxyl groups is 1. The minimum Gasteiger partial charge on any atom is -0.506 e. The molecule has 0 radical (unpaired) electrons. The summed E-state index contributed by atoms with van der Waals surface area (Å²) in [5.41, 5.74) is 2.94. The van der Waals surface area contributed by atoms with Gasteiger partial charge in [0.2, 0.25) is 0 Å². The Kier molecular flexibility index (Phi) is 9.60. The molecule has 4 aromatic rings. The molecule has 0 aliphatic carbocycles. The molecule has 2 aliphatic heterocycles. The van der Waals surface area contributed by atoms with E-state index in [4.69, 9.17) is 9.47 Å². The SMILES string of the molecule is Cc1cc(C(=O)N2CCOC3(CCN(CCOc4ccc(CNCC(O)c5ccc(O)c6[nH]c(=O)sc56)cc4)CC3)C2)sc1C. The van der Waals surface area contributed by atoms with E-state index in [0.29, 0.717) is 55.2 Å². The average Bonchev–Trinajstić information content (AvgIpc) is 3.60. The summed E-state index contributed by atoms with van der Waals surface area (Å²) in [6, 6.07) is 13.1. The lowest BCUT2D eigenvalue weighted by Crippen LogP contribution is -2.58. The molecule has 2 aliphatic rings. The summed E-state index contributed by atoms with van der Waals surface area (Å²) in [7, 11) is 0. The van der Waals surface area contributed by atoms with Gasteiger partial charge in [0.1, 0.15) is 23.6 Å². The van der Waals surface area contributed by atoms with Crippen LogP contribution in [0.3, 0.4) is 0 Å². The summed E-state index contributed by atoms with van der Waals surface area (Å²) in [6.45, 7) is 10.1. The van der Waals surface area contributed by atoms with Gasteiger partial charge in [-0.15, -0.1) is 11.3 Å². The number of morpholine rings is 1. The zero-order valence-corrected chi connectivity index (χ0v) is 27.3. The van der Waals surface area contributed by atoms with Crippen molar-refractivity contribution in [1.82, 2.24) is 20.1 Å². The van der Waals surface area contributed by atoms with E-state index < -0.39 is 6.10 Å². The molecule has 1 unspecified atom stereocenters. The van der Waals surface area contributed by atoms with Crippen molar-refractivity contribution in [1.29, 1.82) is 0 Å². The lowest BCUT2D eigenvalue weighted by Gasteiger charge is -2.47. The number of benzene rings is 2. The molecular weight excluding hydrogens is 613 g/mol. The summed E-state index contributed by atoms with van der Waals surface area (Å²) < 4.78 is 12.9. The van der Waals surface area contributed by atoms with E-state index in [1.165, 1.54) is 16.5 Å². The number of aromatic nitrogens is 1. The lowest BCUT2D eigenvalue weighted by molar-refractivity contribution is -0.127. The maximum atomic E-state index is 13.2. The summed E-state index contributed by atoms with van der Waals surface area (Å²) in [5, 5.41) is 23.9. The Morgan fingerprint density at radius 2 is 1.91 bits per heavy atom. The number of thiazole rings is 1. The van der Waals surface area contributed by atoms with Crippen molar-refractivity contribution in [3.05, 3.63) is 78.6 Å². The van der Waals surface area contributed by atoms with Crippen LogP contribution in [-0.4, -0.2) is 89.0 Å². The number of piperidine rings is 1. The standard InChI is InChI=1S/C33H40N4O6S2/c1-21-17-28(44-22(21)2)31(40)37-14-16-43-33(20-37)9-11-36(12-10-33)13-15-42-24-5-3-23(4-6-24)18-34-19-27(39)25-7-8-26(38)29-30(25)45-32(41)35-29/h3-8,17,27,34,38-39H,9-16,18-20H2,1-2H3,(H,35,41). The zero-order chi connectivity index (χ0) is 31.6. The number of hydrogen-bond acceptors (Lipinski definition) is 10. The number of phenols is 1. The van der Waals surface area contributed by atoms with Gasteiger partial charge in [-0.25, -0.2) is 0 Å². The second-order valence-electron chi connectivity index (χ2n) is 12.0. The van der Waals surface area contributed by atoms with Crippen LogP contribution in [0.15, 0.2) is 47.3 Å². The molecule has 0 bridgehead atoms. The molecule has 0 saturated carbocycles. The molecular formula is C33H40N4O6S2. The Balaban J connectivity index is 0.912. The number of amides is 1. The number of nitrogens with zero attached hydrogens (tertiary/aromatic N) is 2. The molecule has 240 valence electrons. The quantitative estimate of drug-likeness (QED) is 0.201. The number of H-pyrrole nitrogens is 1. The molecule has 4 N–H and O–H groups in total. The number of aromatic hydroxyl groups is 1. The summed E-state index contributed by atoms with van der Waals surface area (Å²) >= 11 is 2.56. The normalized spacial score (nSPS) is 17.6. The van der Waals surface area contributed by atoms with Crippen LogP contribution in [0, 0.1) is 13.8 Å². The van der Waals surface area contributed by atoms with Crippen molar-refractivity contribution in [2.45, 2.75) is 44.9 Å². The highest BCUT2D eigenvalue weighted by Crippen LogP contribution is 2.33. The highest BCUT2D eigenvalue weighted by molar-refractivity contribution is 7.16. The van der Waals surface area contributed by atoms with Crippen LogP contribution in [-0.2, 0) is 11.3 Å². The number of nitrogens with one attached hydrogen (secondary N) is 2. The van der Waals surface area contributed by atoms with Gasteiger partial charge in [-0.3, -0.25) is 14.5 Å². The number of rotatable bonds is 10. The number of aromatic amines is 1. The minimum absolute atomic E-state index is 0.00573. The third-order valence-electron chi connectivity index (χ3n) is 8.89. The first-order valence-corrected chi connectivity index (χ1v) is 17.0. The second-order valence-corrected chi connectivity index (χ2v) is 14.2. The number of ether oxygens (including phenoxy) is 2. The number of likely N-dealkylation sites (tertiary alicyclic amines) is 1. The van der Waals surface area contributed by atoms with Crippen LogP contribution in [0.2, 0.25) is 0 Å². The van der Waals surface area contributed by atoms with E-state index in [0.717, 1.165) is 60.0 Å². The molecule has 2 saturated heterocycles. The van der Waals surface area contributed by atoms with E-state index in [2.05, 4.69) is 29.0 Å². The van der Waals surface area contributed by atoms with Crippen LogP contribution in [0.4, 0.5) is 0 Å². The van der Waals surface area contributed by atoms with Crippen LogP contribution in [0.25, 0.3) is 10.2 Å². The number of aryl methyl sites for hydroxylation is 2. The van der Waals surface area contributed by atoms with Crippen LogP contribution in [0.1, 0.15) is 50.2 Å². The van der Waals surface area contributed by atoms with Crippen LogP contribution >= 0.6 is 22.7 Å². The Hall–Kier alpha value is -3.26. The van der Waals surface area contributed by atoms with Crippen LogP contribution in [0.5, 0.6) is 11.5 Å². The molecule has 2 aromatic carbocycles. The van der Waals surface area contributed by atoms with E-state index in [1.807, 2.05) is 35.2 Å². The van der Waals surface area contributed by atoms with Crippen molar-refractivity contribution in [2.24, 2.45) is 0 Å². The number of carbonyl (C=O) groups excluding carboxylic acids is 1. The van der Waals surface area contributed by atoms with Gasteiger partial charge in [-0.05, 0) is 62.1 Å². The van der Waals surface area contributed by atoms with E-state index >= 15 is 0 Å². The van der Waals surface area contributed by atoms with Gasteiger partial charge >= 0.3 is 4.87 Å². The van der Waals surface area contributed by atoms with Crippen LogP contribution < -0.4 is 14.9 Å². The Morgan fingerprint density at radius 3 is 2.64 bits per heavy atom. The van der Waals surface area contributed by atoms with Gasteiger partial charge < -0.3 is 34.9 Å². The topological polar surface area (TPSA) is 127 Å². The molecule has 6 rings (SSSR count). The molecule has 1 atom stereocenters. The van der Waals surface area contributed by atoms with Gasteiger partial charge in [-0.2, -0.15) is 0 Å². The number of thiophene rings is 1. The molecule has 2 aromatic heterocycles. The van der Waals surface area contributed by atoms with Gasteiger partial charge in [0.25, 0.3) is 5.91 Å². The number of phenolic OH excluding ortho intramolecular Hbond substituents is 1. The zero-order valence-electron chi connectivity index (χ0n) is 25.6. The van der Waals surface area contributed by atoms with Gasteiger partial charge in [0, 0.05) is 49.7 Å². The molecule has 45 heavy (non-hydrogen) atoms. The highest BCUT2D eigenvalue weighted by atomic mass is 32.1. The molecule has 4 heterocycles. The number of hydrogen-bond donors (Lipinski definition) is 4. The van der Waals surface area contributed by atoms with Crippen molar-refractivity contribution >= 4 is 38.8 Å². The average molecular weight is 653 g/mol. The Labute approximate surface area is 270 Å². The van der Waals surface area contributed by atoms with Gasteiger partial charge in [0.05, 0.1) is 34.4 Å². The third kappa shape index (κ3) is 7.26. The third-order valence-corrected chi connectivity index (χ3v) is 11.0. The first-order chi connectivity index (χ1) is 21.7. The monoisotopic (exact) mass is 652 g/mol. The molecule has 12 heteroatoms. The maximum Gasteiger partial charge on any atom is 0.305 e. The van der Waals surface area contributed by atoms with Crippen molar-refractivity contribution in [2.75, 3.05) is 52.5 Å². The van der Waals surface area contributed by atoms with E-state index in [1.54, 1.807) is 17.4 Å². The summed E-state index contributed by atoms with van der Waals surface area (Å²) in [5.74, 6) is 0.931. The lowest BCUT2D eigenvalue weighted by atomic mass is 9.89. The number of aliphatic hydroxyl groups excluding tert-OH is 1. The largest absolute Gasteiger partial charge is 0.506 e. The maximum absolute atomic E-state index is 13.2. The minimum atomic E-state index is -0.821. The van der Waals surface area contributed by atoms with Crippen molar-refractivity contribution in [3.8, 4) is 11.5 Å². The molecule has 10 nitrogen and oxygen atoms in total. The van der Waals surface area contributed by atoms with Crippen molar-refractivity contribution in [3.63, 3.8) is 0 Å². The van der Waals surface area contributed by atoms with E-state index in [-0.39, 0.29) is 22.1 Å². The fraction of sp³-hybridized carbons (Fsp3) is 0.455. The van der Waals surface area contributed by atoms with Gasteiger partial charge in [0.15, 0.2) is 0 Å². The van der Waals surface area contributed by atoms with Crippen molar-refractivity contribution < 1.29 is 24.5 Å². The predicted octanol–water partition coefficient (Wildman–Crippen LogP) is 4.18. The molecule has 1 amide bonds. The Morgan fingerprint density at radius 1 is 1.13 bits per heavy atom. The highest BCUT2D eigenvalue weighted by Gasteiger charge is 2.41. The molecule has 2 fully saturated rings. The number of carbonyl (C=O) groups is 1. The first-order valence-electron chi connectivity index (χ1n) is 15.4. The summed E-state index contributed by atoms with van der Waals surface area (Å²) in [6.07, 6.45) is 0.982. The Bertz CT molecular complexity index is 1670. The summed E-state index contributed by atoms with van der Waals surface area (Å²) in [4.78, 5) is 33.7. The second kappa shape index (κ2) is 13.6. The van der Waals surface area contributed by atoms with E-state index in [9.17, 15) is 19.8 Å². The first kappa shape index (κ1) is 31.7. The predicted molar refractivity (Wildman–Crippen MR) is 177 cm³/mol. The fourth-order valence-corrected chi connectivity index (χ4v) is 8.02.